The number of carbonyl (C=O) groups excluding carboxylic acids is 1. The second kappa shape index (κ2) is 4.96. The smallest absolute Gasteiger partial charge is 0.263 e. The quantitative estimate of drug-likeness (QED) is 0.772. The first-order chi connectivity index (χ1) is 8.95. The van der Waals surface area contributed by atoms with Crippen LogP contribution in [0.4, 0.5) is 8.78 Å². The second-order valence-electron chi connectivity index (χ2n) is 4.58. The van der Waals surface area contributed by atoms with Gasteiger partial charge in [0.2, 0.25) is 5.78 Å². The number of carbonyl (C=O) groups is 1. The second-order valence-corrected chi connectivity index (χ2v) is 4.58. The first-order valence-electron chi connectivity index (χ1n) is 5.99. The minimum Gasteiger partial charge on any atom is -0.365 e. The Morgan fingerprint density at radius 2 is 2.16 bits per heavy atom. The van der Waals surface area contributed by atoms with Crippen molar-refractivity contribution in [3.63, 3.8) is 0 Å². The number of fused-ring (bicyclic) bond motifs is 1. The normalized spacial score (nSPS) is 18.1. The highest BCUT2D eigenvalue weighted by Crippen LogP contribution is 2.17. The number of halogens is 2. The molecule has 0 saturated carbocycles. The third-order valence-electron chi connectivity index (χ3n) is 3.39. The first kappa shape index (κ1) is 13.5. The van der Waals surface area contributed by atoms with E-state index in [1.165, 1.54) is 18.2 Å². The molecule has 2 nitrogen and oxygen atoms in total. The lowest BCUT2D eigenvalue weighted by molar-refractivity contribution is -0.110. The van der Waals surface area contributed by atoms with Gasteiger partial charge in [-0.15, -0.1) is 0 Å². The Morgan fingerprint density at radius 1 is 1.47 bits per heavy atom. The van der Waals surface area contributed by atoms with Gasteiger partial charge in [-0.1, -0.05) is 24.8 Å². The van der Waals surface area contributed by atoms with Crippen LogP contribution in [0.15, 0.2) is 30.9 Å². The highest BCUT2D eigenvalue weighted by atomic mass is 19.3. The van der Waals surface area contributed by atoms with Crippen molar-refractivity contribution in [2.45, 2.75) is 19.4 Å². The number of nitrogens with zero attached hydrogens (tertiary/aromatic N) is 1. The van der Waals surface area contributed by atoms with E-state index in [0.29, 0.717) is 16.1 Å². The molecular weight excluding hydrogens is 248 g/mol. The summed E-state index contributed by atoms with van der Waals surface area (Å²) in [5.41, 5.74) is 0.470. The number of ketones is 1. The minimum atomic E-state index is -2.51. The van der Waals surface area contributed by atoms with Gasteiger partial charge < -0.3 is 4.90 Å². The van der Waals surface area contributed by atoms with E-state index in [1.807, 2.05) is 24.9 Å². The number of hydrogen-bond acceptors (Lipinski definition) is 2. The van der Waals surface area contributed by atoms with E-state index >= 15 is 0 Å². The highest BCUT2D eigenvalue weighted by molar-refractivity contribution is 6.20. The molecule has 100 valence electrons. The van der Waals surface area contributed by atoms with Gasteiger partial charge >= 0.3 is 0 Å². The highest BCUT2D eigenvalue weighted by Gasteiger charge is 2.20. The Morgan fingerprint density at radius 3 is 2.74 bits per heavy atom. The molecule has 0 spiro atoms. The largest absolute Gasteiger partial charge is 0.365 e. The van der Waals surface area contributed by atoms with Crippen LogP contribution in [-0.4, -0.2) is 23.8 Å². The zero-order valence-corrected chi connectivity index (χ0v) is 10.9. The summed E-state index contributed by atoms with van der Waals surface area (Å²) in [6.45, 7) is 5.40. The summed E-state index contributed by atoms with van der Waals surface area (Å²) in [5.74, 6) is -0.200. The molecule has 0 fully saturated rings. The SMILES string of the molecule is C=CC(=O)C1=c2ccc(C(F)F)cc2=CC(C)N1C. The van der Waals surface area contributed by atoms with Crippen molar-refractivity contribution in [2.75, 3.05) is 7.05 Å². The molecule has 19 heavy (non-hydrogen) atoms. The average molecular weight is 263 g/mol. The van der Waals surface area contributed by atoms with Gasteiger partial charge in [-0.05, 0) is 24.3 Å². The topological polar surface area (TPSA) is 20.3 Å². The summed E-state index contributed by atoms with van der Waals surface area (Å²) in [6.07, 6.45) is 0.614. The van der Waals surface area contributed by atoms with Crippen molar-refractivity contribution < 1.29 is 13.6 Å². The van der Waals surface area contributed by atoms with Crippen LogP contribution >= 0.6 is 0 Å². The average Bonchev–Trinajstić information content (AvgIpc) is 2.38. The molecule has 0 radical (unpaired) electrons. The van der Waals surface area contributed by atoms with Gasteiger partial charge in [0.25, 0.3) is 6.43 Å². The van der Waals surface area contributed by atoms with Crippen LogP contribution in [0.25, 0.3) is 11.8 Å². The van der Waals surface area contributed by atoms with Gasteiger partial charge in [-0.2, -0.15) is 0 Å². The van der Waals surface area contributed by atoms with Crippen LogP contribution in [0.3, 0.4) is 0 Å². The summed E-state index contributed by atoms with van der Waals surface area (Å²) in [4.78, 5) is 13.8. The van der Waals surface area contributed by atoms with Crippen molar-refractivity contribution in [2.24, 2.45) is 0 Å². The molecule has 4 heteroatoms. The summed E-state index contributed by atoms with van der Waals surface area (Å²) in [6, 6.07) is 4.35. The Balaban J connectivity index is 2.79. The van der Waals surface area contributed by atoms with E-state index in [4.69, 9.17) is 0 Å². The Bertz CT molecular complexity index is 649. The zero-order valence-electron chi connectivity index (χ0n) is 10.9. The zero-order chi connectivity index (χ0) is 14.2. The van der Waals surface area contributed by atoms with Crippen LogP contribution in [0, 0.1) is 0 Å². The number of alkyl halides is 2. The molecule has 2 rings (SSSR count). The Kier molecular flexibility index (Phi) is 3.51. The van der Waals surface area contributed by atoms with Gasteiger partial charge in [0.1, 0.15) is 0 Å². The maximum atomic E-state index is 12.7. The number of likely N-dealkylation sites (N-methyl/N-ethyl adjacent to an activating group) is 1. The molecule has 0 aromatic heterocycles. The third-order valence-corrected chi connectivity index (χ3v) is 3.39. The molecule has 0 saturated heterocycles. The summed E-state index contributed by atoms with van der Waals surface area (Å²) < 4.78 is 25.4. The molecule has 0 N–H and O–H groups in total. The molecule has 0 bridgehead atoms. The van der Waals surface area contributed by atoms with E-state index in [0.717, 1.165) is 0 Å². The van der Waals surface area contributed by atoms with E-state index in [-0.39, 0.29) is 17.4 Å². The van der Waals surface area contributed by atoms with Crippen LogP contribution in [-0.2, 0) is 4.79 Å². The fourth-order valence-electron chi connectivity index (χ4n) is 2.24. The van der Waals surface area contributed by atoms with Crippen molar-refractivity contribution in [3.05, 3.63) is 46.9 Å². The van der Waals surface area contributed by atoms with Crippen LogP contribution in [0.2, 0.25) is 0 Å². The predicted molar refractivity (Wildman–Crippen MR) is 71.0 cm³/mol. The Hall–Kier alpha value is -1.97. The van der Waals surface area contributed by atoms with Crippen molar-refractivity contribution in [1.82, 2.24) is 4.90 Å². The van der Waals surface area contributed by atoms with Crippen LogP contribution < -0.4 is 10.4 Å². The molecule has 1 aromatic carbocycles. The van der Waals surface area contributed by atoms with Gasteiger partial charge in [0, 0.05) is 23.9 Å². The summed E-state index contributed by atoms with van der Waals surface area (Å²) in [7, 11) is 1.81. The molecule has 1 heterocycles. The number of rotatable bonds is 3. The minimum absolute atomic E-state index is 0.0284. The fraction of sp³-hybridized carbons (Fsp3) is 0.267. The van der Waals surface area contributed by atoms with E-state index in [1.54, 1.807) is 6.07 Å². The Labute approximate surface area is 110 Å². The van der Waals surface area contributed by atoms with Gasteiger partial charge in [-0.3, -0.25) is 4.79 Å². The maximum Gasteiger partial charge on any atom is 0.263 e. The lowest BCUT2D eigenvalue weighted by Crippen LogP contribution is -2.44. The van der Waals surface area contributed by atoms with Gasteiger partial charge in [-0.25, -0.2) is 8.78 Å². The third kappa shape index (κ3) is 2.30. The lowest BCUT2D eigenvalue weighted by Gasteiger charge is -2.29. The lowest BCUT2D eigenvalue weighted by atomic mass is 10.0. The van der Waals surface area contributed by atoms with E-state index in [9.17, 15) is 13.6 Å². The predicted octanol–water partition coefficient (Wildman–Crippen LogP) is 1.60. The van der Waals surface area contributed by atoms with E-state index < -0.39 is 6.43 Å². The van der Waals surface area contributed by atoms with Crippen molar-refractivity contribution >= 4 is 17.6 Å². The van der Waals surface area contributed by atoms with Gasteiger partial charge in [0.05, 0.1) is 5.70 Å². The van der Waals surface area contributed by atoms with Crippen LogP contribution in [0.1, 0.15) is 18.9 Å². The number of hydrogen-bond donors (Lipinski definition) is 0. The molecule has 1 atom stereocenters. The van der Waals surface area contributed by atoms with Crippen molar-refractivity contribution in [3.8, 4) is 0 Å². The monoisotopic (exact) mass is 263 g/mol. The summed E-state index contributed by atoms with van der Waals surface area (Å²) >= 11 is 0. The van der Waals surface area contributed by atoms with Crippen LogP contribution in [0.5, 0.6) is 0 Å². The first-order valence-corrected chi connectivity index (χ1v) is 5.99. The molecule has 1 aliphatic rings. The molecule has 0 aliphatic carbocycles. The van der Waals surface area contributed by atoms with Crippen molar-refractivity contribution in [1.29, 1.82) is 0 Å². The summed E-state index contributed by atoms with van der Waals surface area (Å²) in [5, 5.41) is 1.35. The van der Waals surface area contributed by atoms with E-state index in [2.05, 4.69) is 6.58 Å². The fourth-order valence-corrected chi connectivity index (χ4v) is 2.24. The number of benzene rings is 1. The standard InChI is InChI=1S/C15H15F2NO/c1-4-13(19)14-12-6-5-10(15(16)17)8-11(12)7-9(2)18(14)3/h4-9,15H,1H2,2-3H3. The molecule has 0 amide bonds. The molecule has 1 unspecified atom stereocenters. The van der Waals surface area contributed by atoms with Gasteiger partial charge in [0.15, 0.2) is 0 Å². The molecule has 1 aromatic rings. The maximum absolute atomic E-state index is 12.7. The molecular formula is C15H15F2NO. The molecule has 1 aliphatic heterocycles.